The molecule has 0 radical (unpaired) electrons. The summed E-state index contributed by atoms with van der Waals surface area (Å²) in [6.45, 7) is 2.43. The first-order valence-corrected chi connectivity index (χ1v) is 8.76. The molecule has 2 aromatic carbocycles. The van der Waals surface area contributed by atoms with E-state index in [1.165, 1.54) is 17.0 Å². The van der Waals surface area contributed by atoms with Gasteiger partial charge in [0.1, 0.15) is 0 Å². The number of Topliss-reactive ketones (excluding diaryl/α,β-unsaturated/α-hetero) is 1. The van der Waals surface area contributed by atoms with Gasteiger partial charge >= 0.3 is 0 Å². The Morgan fingerprint density at radius 1 is 1.20 bits per heavy atom. The van der Waals surface area contributed by atoms with E-state index in [1.54, 1.807) is 30.3 Å². The van der Waals surface area contributed by atoms with Gasteiger partial charge in [0.25, 0.3) is 5.91 Å². The SMILES string of the molecule is CCCN1C(=O)[C@@](O)(CC(=O)c2ccc(Cl)cc2Cl)c2ccccc21. The Bertz CT molecular complexity index is 852. The van der Waals surface area contributed by atoms with E-state index in [9.17, 15) is 14.7 Å². The molecular weight excluding hydrogens is 361 g/mol. The number of hydrogen-bond donors (Lipinski definition) is 1. The average molecular weight is 378 g/mol. The van der Waals surface area contributed by atoms with Crippen molar-refractivity contribution in [2.45, 2.75) is 25.4 Å². The van der Waals surface area contributed by atoms with Crippen molar-refractivity contribution in [2.75, 3.05) is 11.4 Å². The van der Waals surface area contributed by atoms with Crippen molar-refractivity contribution in [1.29, 1.82) is 0 Å². The third kappa shape index (κ3) is 3.06. The summed E-state index contributed by atoms with van der Waals surface area (Å²) in [5.74, 6) is -0.889. The van der Waals surface area contributed by atoms with Crippen LogP contribution in [0, 0.1) is 0 Å². The highest BCUT2D eigenvalue weighted by molar-refractivity contribution is 6.37. The Morgan fingerprint density at radius 3 is 2.60 bits per heavy atom. The van der Waals surface area contributed by atoms with Crippen molar-refractivity contribution in [3.05, 3.63) is 63.6 Å². The van der Waals surface area contributed by atoms with Gasteiger partial charge in [-0.05, 0) is 30.7 Å². The van der Waals surface area contributed by atoms with Crippen LogP contribution in [0.1, 0.15) is 35.7 Å². The molecular formula is C19H17Cl2NO3. The van der Waals surface area contributed by atoms with E-state index in [0.717, 1.165) is 6.42 Å². The number of benzene rings is 2. The van der Waals surface area contributed by atoms with E-state index in [1.807, 2.05) is 6.92 Å². The number of carbonyl (C=O) groups excluding carboxylic acids is 2. The van der Waals surface area contributed by atoms with Gasteiger partial charge in [-0.2, -0.15) is 0 Å². The molecule has 2 aromatic rings. The summed E-state index contributed by atoms with van der Waals surface area (Å²) in [6, 6.07) is 11.5. The van der Waals surface area contributed by atoms with Crippen molar-refractivity contribution < 1.29 is 14.7 Å². The van der Waals surface area contributed by atoms with Crippen LogP contribution in [0.4, 0.5) is 5.69 Å². The molecule has 3 rings (SSSR count). The zero-order valence-electron chi connectivity index (χ0n) is 13.6. The molecule has 1 amide bonds. The molecule has 0 saturated carbocycles. The number of amides is 1. The van der Waals surface area contributed by atoms with Gasteiger partial charge in [0, 0.05) is 22.7 Å². The molecule has 25 heavy (non-hydrogen) atoms. The van der Waals surface area contributed by atoms with Crippen LogP contribution in [0.2, 0.25) is 10.0 Å². The Balaban J connectivity index is 1.98. The lowest BCUT2D eigenvalue weighted by Crippen LogP contribution is -2.42. The number of rotatable bonds is 5. The fourth-order valence-electron chi connectivity index (χ4n) is 3.17. The molecule has 0 unspecified atom stereocenters. The second kappa shape index (κ2) is 6.79. The molecule has 1 aliphatic rings. The number of anilines is 1. The van der Waals surface area contributed by atoms with Crippen LogP contribution in [0.5, 0.6) is 0 Å². The third-order valence-electron chi connectivity index (χ3n) is 4.33. The Labute approximate surface area is 156 Å². The molecule has 1 N–H and O–H groups in total. The largest absolute Gasteiger partial charge is 0.375 e. The summed E-state index contributed by atoms with van der Waals surface area (Å²) in [5, 5.41) is 11.7. The fourth-order valence-corrected chi connectivity index (χ4v) is 3.68. The number of hydrogen-bond acceptors (Lipinski definition) is 3. The molecule has 0 fully saturated rings. The van der Waals surface area contributed by atoms with Gasteiger partial charge in [0.15, 0.2) is 11.4 Å². The lowest BCUT2D eigenvalue weighted by Gasteiger charge is -2.22. The summed E-state index contributed by atoms with van der Waals surface area (Å²) in [4.78, 5) is 27.1. The molecule has 0 spiro atoms. The normalized spacial score (nSPS) is 19.2. The second-order valence-electron chi connectivity index (χ2n) is 6.06. The van der Waals surface area contributed by atoms with Gasteiger partial charge in [0.2, 0.25) is 0 Å². The smallest absolute Gasteiger partial charge is 0.264 e. The minimum absolute atomic E-state index is 0.199. The van der Waals surface area contributed by atoms with Gasteiger partial charge in [-0.15, -0.1) is 0 Å². The van der Waals surface area contributed by atoms with Crippen molar-refractivity contribution in [3.8, 4) is 0 Å². The Morgan fingerprint density at radius 2 is 1.92 bits per heavy atom. The predicted octanol–water partition coefficient (Wildman–Crippen LogP) is 4.21. The summed E-state index contributed by atoms with van der Waals surface area (Å²) in [6.07, 6.45) is 0.373. The highest BCUT2D eigenvalue weighted by Gasteiger charge is 2.50. The van der Waals surface area contributed by atoms with Crippen LogP contribution in [-0.4, -0.2) is 23.3 Å². The standard InChI is InChI=1S/C19H17Cl2NO3/c1-2-9-22-16-6-4-3-5-14(16)19(25,18(22)24)11-17(23)13-8-7-12(20)10-15(13)21/h3-8,10,25H,2,9,11H2,1H3/t19-/m1/s1. The molecule has 0 bridgehead atoms. The Kier molecular flexibility index (Phi) is 4.87. The number of aliphatic hydroxyl groups is 1. The number of para-hydroxylation sites is 1. The zero-order chi connectivity index (χ0) is 18.2. The molecule has 0 saturated heterocycles. The highest BCUT2D eigenvalue weighted by Crippen LogP contribution is 2.43. The van der Waals surface area contributed by atoms with E-state index in [0.29, 0.717) is 22.8 Å². The number of carbonyl (C=O) groups is 2. The first-order valence-electron chi connectivity index (χ1n) is 8.00. The van der Waals surface area contributed by atoms with Gasteiger partial charge in [-0.3, -0.25) is 9.59 Å². The highest BCUT2D eigenvalue weighted by atomic mass is 35.5. The van der Waals surface area contributed by atoms with Crippen LogP contribution < -0.4 is 4.90 Å². The lowest BCUT2D eigenvalue weighted by atomic mass is 9.88. The topological polar surface area (TPSA) is 57.6 Å². The number of ketones is 1. The number of nitrogens with zero attached hydrogens (tertiary/aromatic N) is 1. The second-order valence-corrected chi connectivity index (χ2v) is 6.90. The van der Waals surface area contributed by atoms with Gasteiger partial charge in [-0.1, -0.05) is 48.3 Å². The quantitative estimate of drug-likeness (QED) is 0.793. The molecule has 0 aliphatic carbocycles. The maximum atomic E-state index is 12.8. The third-order valence-corrected chi connectivity index (χ3v) is 4.88. The predicted molar refractivity (Wildman–Crippen MR) is 98.4 cm³/mol. The van der Waals surface area contributed by atoms with Crippen LogP contribution >= 0.6 is 23.2 Å². The zero-order valence-corrected chi connectivity index (χ0v) is 15.1. The monoisotopic (exact) mass is 377 g/mol. The average Bonchev–Trinajstić information content (AvgIpc) is 2.77. The van der Waals surface area contributed by atoms with E-state index in [-0.39, 0.29) is 17.0 Å². The van der Waals surface area contributed by atoms with Crippen LogP contribution in [0.15, 0.2) is 42.5 Å². The molecule has 1 aliphatic heterocycles. The van der Waals surface area contributed by atoms with E-state index >= 15 is 0 Å². The molecule has 1 heterocycles. The first kappa shape index (κ1) is 17.9. The maximum absolute atomic E-state index is 12.8. The minimum atomic E-state index is -1.88. The first-order chi connectivity index (χ1) is 11.9. The van der Waals surface area contributed by atoms with Gasteiger partial charge in [0.05, 0.1) is 17.1 Å². The van der Waals surface area contributed by atoms with Crippen molar-refractivity contribution in [2.24, 2.45) is 0 Å². The number of fused-ring (bicyclic) bond motifs is 1. The fraction of sp³-hybridized carbons (Fsp3) is 0.263. The summed E-state index contributed by atoms with van der Waals surface area (Å²) < 4.78 is 0. The summed E-state index contributed by atoms with van der Waals surface area (Å²) in [7, 11) is 0. The summed E-state index contributed by atoms with van der Waals surface area (Å²) in [5.41, 5.74) is -0.552. The molecule has 0 aromatic heterocycles. The maximum Gasteiger partial charge on any atom is 0.264 e. The van der Waals surface area contributed by atoms with Crippen molar-refractivity contribution >= 4 is 40.6 Å². The van der Waals surface area contributed by atoms with Gasteiger partial charge in [-0.25, -0.2) is 0 Å². The molecule has 130 valence electrons. The molecule has 6 heteroatoms. The van der Waals surface area contributed by atoms with Crippen LogP contribution in [0.3, 0.4) is 0 Å². The number of halogens is 2. The van der Waals surface area contributed by atoms with Crippen LogP contribution in [-0.2, 0) is 10.4 Å². The van der Waals surface area contributed by atoms with Crippen molar-refractivity contribution in [3.63, 3.8) is 0 Å². The Hall–Kier alpha value is -1.88. The summed E-state index contributed by atoms with van der Waals surface area (Å²) >= 11 is 11.9. The van der Waals surface area contributed by atoms with Crippen LogP contribution in [0.25, 0.3) is 0 Å². The van der Waals surface area contributed by atoms with E-state index in [2.05, 4.69) is 0 Å². The van der Waals surface area contributed by atoms with E-state index < -0.39 is 17.3 Å². The molecule has 1 atom stereocenters. The van der Waals surface area contributed by atoms with E-state index in [4.69, 9.17) is 23.2 Å². The van der Waals surface area contributed by atoms with Crippen molar-refractivity contribution in [1.82, 2.24) is 0 Å². The minimum Gasteiger partial charge on any atom is -0.375 e. The lowest BCUT2D eigenvalue weighted by molar-refractivity contribution is -0.135. The van der Waals surface area contributed by atoms with Gasteiger partial charge < -0.3 is 10.0 Å². The molecule has 4 nitrogen and oxygen atoms in total.